The number of Topliss-reactive ketones (excluding diaryl/α,β-unsaturated/α-hetero) is 1. The lowest BCUT2D eigenvalue weighted by molar-refractivity contribution is -0.143. The predicted octanol–water partition coefficient (Wildman–Crippen LogP) is -0.0624. The summed E-state index contributed by atoms with van der Waals surface area (Å²) in [6.07, 6.45) is -0.527. The number of rotatable bonds is 6. The number of piperidine rings is 1. The van der Waals surface area contributed by atoms with E-state index in [1.165, 1.54) is 6.92 Å². The molecule has 7 atom stereocenters. The van der Waals surface area contributed by atoms with Crippen molar-refractivity contribution in [1.29, 1.82) is 0 Å². The minimum absolute atomic E-state index is 0.0139. The minimum atomic E-state index is -1.55. The van der Waals surface area contributed by atoms with Gasteiger partial charge in [0.25, 0.3) is 0 Å². The first kappa shape index (κ1) is 39.8. The standard InChI is InChI=1S/C34H56N6O9/c1-18(2)15-23-25(42)16-22(17-26(43)44)30(46)37-27(20(4)41)31(47)35-19(3)28(32(48)38-34(5,6)7)40-12-8-9-24(40)33(49)39-13-10-21(11-14-39)29(45)36-23/h18-24,27-28,41H,8-17H2,1-7H3,(H,35,47)(H,36,45)(H,37,46)(H,38,48)(H,43,44)/t19-,20+,22-,23-,24-,27-,28-/m0/s1. The lowest BCUT2D eigenvalue weighted by Gasteiger charge is -2.40. The molecule has 4 aliphatic heterocycles. The molecule has 4 saturated heterocycles. The summed E-state index contributed by atoms with van der Waals surface area (Å²) in [7, 11) is 0. The van der Waals surface area contributed by atoms with Gasteiger partial charge in [-0.25, -0.2) is 0 Å². The molecule has 15 nitrogen and oxygen atoms in total. The first-order valence-electron chi connectivity index (χ1n) is 17.5. The number of carboxylic acids is 1. The lowest BCUT2D eigenvalue weighted by atomic mass is 9.89. The van der Waals surface area contributed by atoms with Gasteiger partial charge in [-0.2, -0.15) is 0 Å². The van der Waals surface area contributed by atoms with Crippen LogP contribution in [0, 0.1) is 17.8 Å². The average molecular weight is 693 g/mol. The van der Waals surface area contributed by atoms with Crippen molar-refractivity contribution < 1.29 is 43.8 Å². The quantitative estimate of drug-likeness (QED) is 0.218. The van der Waals surface area contributed by atoms with Crippen LogP contribution >= 0.6 is 0 Å². The molecule has 2 bridgehead atoms. The normalized spacial score (nSPS) is 30.7. The van der Waals surface area contributed by atoms with Gasteiger partial charge in [0.05, 0.1) is 36.6 Å². The molecule has 0 aromatic heterocycles. The predicted molar refractivity (Wildman–Crippen MR) is 179 cm³/mol. The van der Waals surface area contributed by atoms with E-state index in [4.69, 9.17) is 0 Å². The Morgan fingerprint density at radius 2 is 1.55 bits per heavy atom. The molecule has 15 heteroatoms. The number of carboxylic acid groups (broad SMARTS) is 1. The van der Waals surface area contributed by atoms with E-state index in [2.05, 4.69) is 21.3 Å². The van der Waals surface area contributed by atoms with E-state index in [-0.39, 0.29) is 24.2 Å². The molecule has 4 heterocycles. The number of aliphatic hydroxyl groups excluding tert-OH is 1. The molecule has 0 aromatic rings. The summed E-state index contributed by atoms with van der Waals surface area (Å²) >= 11 is 0. The maximum atomic E-state index is 14.0. The number of hydrogen-bond acceptors (Lipinski definition) is 9. The molecular formula is C34H56N6O9. The third kappa shape index (κ3) is 10.9. The molecule has 0 aliphatic carbocycles. The second-order valence-electron chi connectivity index (χ2n) is 15.4. The van der Waals surface area contributed by atoms with Crippen molar-refractivity contribution in [2.24, 2.45) is 17.8 Å². The number of nitrogens with zero attached hydrogens (tertiary/aromatic N) is 2. The summed E-state index contributed by atoms with van der Waals surface area (Å²) in [5.74, 6) is -6.39. The fourth-order valence-electron chi connectivity index (χ4n) is 7.02. The Labute approximate surface area is 288 Å². The van der Waals surface area contributed by atoms with Gasteiger partial charge in [-0.1, -0.05) is 13.8 Å². The second-order valence-corrected chi connectivity index (χ2v) is 15.4. The van der Waals surface area contributed by atoms with Crippen molar-refractivity contribution in [3.05, 3.63) is 0 Å². The number of fused-ring (bicyclic) bond motifs is 14. The van der Waals surface area contributed by atoms with Crippen molar-refractivity contribution in [2.45, 2.75) is 135 Å². The Morgan fingerprint density at radius 3 is 2.10 bits per heavy atom. The van der Waals surface area contributed by atoms with Crippen LogP contribution in [-0.2, 0) is 33.6 Å². The Balaban J connectivity index is 2.04. The molecule has 0 aromatic carbocycles. The molecule has 49 heavy (non-hydrogen) atoms. The second kappa shape index (κ2) is 16.9. The Bertz CT molecular complexity index is 1260. The zero-order valence-corrected chi connectivity index (χ0v) is 29.9. The SMILES string of the molecule is CC(C)C[C@@H]1NC(=O)C2CCN(CC2)C(=O)[C@@H]2CCCN2[C@H](C(=O)NC(C)(C)C)[C@H](C)NC(=O)[C@H]([C@@H](C)O)NC(=O)[C@H](CC(=O)O)CC1=O. The van der Waals surface area contributed by atoms with Crippen LogP contribution in [0.2, 0.25) is 0 Å². The monoisotopic (exact) mass is 692 g/mol. The van der Waals surface area contributed by atoms with Crippen LogP contribution in [0.3, 0.4) is 0 Å². The third-order valence-electron chi connectivity index (χ3n) is 9.44. The van der Waals surface area contributed by atoms with Crippen molar-refractivity contribution >= 4 is 41.3 Å². The number of amides is 5. The number of carbonyl (C=O) groups is 7. The first-order valence-corrected chi connectivity index (χ1v) is 17.5. The average Bonchev–Trinajstić information content (AvgIpc) is 3.45. The fourth-order valence-corrected chi connectivity index (χ4v) is 7.02. The molecule has 4 rings (SSSR count). The van der Waals surface area contributed by atoms with Crippen LogP contribution in [-0.4, -0.2) is 123 Å². The van der Waals surface area contributed by atoms with E-state index in [0.29, 0.717) is 45.3 Å². The van der Waals surface area contributed by atoms with Gasteiger partial charge >= 0.3 is 5.97 Å². The van der Waals surface area contributed by atoms with Crippen molar-refractivity contribution in [2.75, 3.05) is 19.6 Å². The molecule has 6 N–H and O–H groups in total. The fraction of sp³-hybridized carbons (Fsp3) is 0.794. The molecule has 4 aliphatic rings. The number of ketones is 1. The maximum Gasteiger partial charge on any atom is 0.304 e. The summed E-state index contributed by atoms with van der Waals surface area (Å²) in [6, 6.07) is -5.06. The third-order valence-corrected chi connectivity index (χ3v) is 9.44. The van der Waals surface area contributed by atoms with Gasteiger partial charge in [0.1, 0.15) is 12.1 Å². The number of aliphatic carboxylic acids is 1. The van der Waals surface area contributed by atoms with Gasteiger partial charge in [-0.05, 0) is 79.2 Å². The van der Waals surface area contributed by atoms with Crippen molar-refractivity contribution in [1.82, 2.24) is 31.1 Å². The summed E-state index contributed by atoms with van der Waals surface area (Å²) in [5.41, 5.74) is -0.632. The van der Waals surface area contributed by atoms with Gasteiger partial charge in [0, 0.05) is 31.0 Å². The molecule has 0 unspecified atom stereocenters. The zero-order chi connectivity index (χ0) is 36.8. The molecule has 5 amide bonds. The van der Waals surface area contributed by atoms with E-state index < -0.39 is 96.0 Å². The minimum Gasteiger partial charge on any atom is -0.481 e. The molecule has 276 valence electrons. The molecule has 4 fully saturated rings. The van der Waals surface area contributed by atoms with Crippen molar-refractivity contribution in [3.63, 3.8) is 0 Å². The first-order chi connectivity index (χ1) is 22.8. The lowest BCUT2D eigenvalue weighted by Crippen LogP contribution is -2.65. The molecular weight excluding hydrogens is 636 g/mol. The topological polar surface area (TPSA) is 215 Å². The van der Waals surface area contributed by atoms with Crippen LogP contribution in [0.25, 0.3) is 0 Å². The largest absolute Gasteiger partial charge is 0.481 e. The number of carbonyl (C=O) groups excluding carboxylic acids is 6. The highest BCUT2D eigenvalue weighted by molar-refractivity contribution is 5.96. The van der Waals surface area contributed by atoms with E-state index >= 15 is 0 Å². The number of aliphatic hydroxyl groups is 1. The summed E-state index contributed by atoms with van der Waals surface area (Å²) in [4.78, 5) is 97.3. The highest BCUT2D eigenvalue weighted by Gasteiger charge is 2.45. The van der Waals surface area contributed by atoms with Gasteiger partial charge in [-0.15, -0.1) is 0 Å². The van der Waals surface area contributed by atoms with Gasteiger partial charge < -0.3 is 36.4 Å². The summed E-state index contributed by atoms with van der Waals surface area (Å²) in [6.45, 7) is 13.1. The van der Waals surface area contributed by atoms with Crippen molar-refractivity contribution in [3.8, 4) is 0 Å². The van der Waals surface area contributed by atoms with E-state index in [9.17, 15) is 43.8 Å². The Hall–Kier alpha value is -3.59. The van der Waals surface area contributed by atoms with E-state index in [1.54, 1.807) is 16.7 Å². The highest BCUT2D eigenvalue weighted by Crippen LogP contribution is 2.27. The van der Waals surface area contributed by atoms with Gasteiger partial charge in [0.15, 0.2) is 5.78 Å². The van der Waals surface area contributed by atoms with E-state index in [0.717, 1.165) is 0 Å². The van der Waals surface area contributed by atoms with Crippen LogP contribution in [0.5, 0.6) is 0 Å². The van der Waals surface area contributed by atoms with Crippen LogP contribution in [0.1, 0.15) is 93.4 Å². The van der Waals surface area contributed by atoms with Gasteiger partial charge in [-0.3, -0.25) is 38.5 Å². The smallest absolute Gasteiger partial charge is 0.304 e. The highest BCUT2D eigenvalue weighted by atomic mass is 16.4. The Kier molecular flexibility index (Phi) is 13.7. The summed E-state index contributed by atoms with van der Waals surface area (Å²) < 4.78 is 0. The maximum absolute atomic E-state index is 14.0. The molecule has 0 saturated carbocycles. The van der Waals surface area contributed by atoms with E-state index in [1.807, 2.05) is 34.6 Å². The van der Waals surface area contributed by atoms with Crippen LogP contribution in [0.4, 0.5) is 0 Å². The molecule has 0 spiro atoms. The zero-order valence-electron chi connectivity index (χ0n) is 29.9. The summed E-state index contributed by atoms with van der Waals surface area (Å²) in [5, 5.41) is 31.2. The van der Waals surface area contributed by atoms with Crippen LogP contribution in [0.15, 0.2) is 0 Å². The van der Waals surface area contributed by atoms with Crippen LogP contribution < -0.4 is 21.3 Å². The van der Waals surface area contributed by atoms with Gasteiger partial charge in [0.2, 0.25) is 29.5 Å². The number of nitrogens with one attached hydrogen (secondary N) is 4. The molecule has 0 radical (unpaired) electrons. The number of hydrogen-bond donors (Lipinski definition) is 6. The Morgan fingerprint density at radius 1 is 0.918 bits per heavy atom.